The summed E-state index contributed by atoms with van der Waals surface area (Å²) in [6.45, 7) is 12.3. The zero-order valence-corrected chi connectivity index (χ0v) is 19.3. The number of hydrogen-bond acceptors (Lipinski definition) is 5. The van der Waals surface area contributed by atoms with Crippen LogP contribution in [-0.2, 0) is 13.0 Å². The predicted molar refractivity (Wildman–Crippen MR) is 118 cm³/mol. The van der Waals surface area contributed by atoms with E-state index in [0.717, 1.165) is 66.8 Å². The minimum absolute atomic E-state index is 0. The van der Waals surface area contributed by atoms with Crippen molar-refractivity contribution >= 4 is 29.9 Å². The van der Waals surface area contributed by atoms with E-state index < -0.39 is 0 Å². The molecule has 2 aromatic rings. The van der Waals surface area contributed by atoms with Gasteiger partial charge in [0.15, 0.2) is 11.7 Å². The zero-order chi connectivity index (χ0) is 18.9. The van der Waals surface area contributed by atoms with Gasteiger partial charge in [-0.15, -0.1) is 24.0 Å². The average Bonchev–Trinajstić information content (AvgIpc) is 3.22. The molecule has 2 aromatic heterocycles. The standard InChI is InChI=1S/C19H31N5O2.HI/c1-6-15(7-2)18-11-16(26-24-18)12-22-19(20-8-3)21-10-9-17-13(4)23-25-14(17)5;/h11,15H,6-10,12H2,1-5H3,(H2,20,21,22);1H. The largest absolute Gasteiger partial charge is 0.361 e. The predicted octanol–water partition coefficient (Wildman–Crippen LogP) is 4.10. The molecule has 0 aliphatic carbocycles. The first-order valence-corrected chi connectivity index (χ1v) is 9.48. The molecule has 0 radical (unpaired) electrons. The minimum Gasteiger partial charge on any atom is -0.361 e. The van der Waals surface area contributed by atoms with Crippen molar-refractivity contribution in [3.8, 4) is 0 Å². The Morgan fingerprint density at radius 2 is 1.85 bits per heavy atom. The molecule has 0 saturated carbocycles. The van der Waals surface area contributed by atoms with Gasteiger partial charge < -0.3 is 19.7 Å². The Bertz CT molecular complexity index is 687. The lowest BCUT2D eigenvalue weighted by Crippen LogP contribution is -2.38. The lowest BCUT2D eigenvalue weighted by molar-refractivity contribution is 0.372. The van der Waals surface area contributed by atoms with E-state index in [9.17, 15) is 0 Å². The second-order valence-corrected chi connectivity index (χ2v) is 6.41. The van der Waals surface area contributed by atoms with E-state index in [2.05, 4.69) is 39.8 Å². The van der Waals surface area contributed by atoms with Crippen LogP contribution in [0.2, 0.25) is 0 Å². The maximum Gasteiger partial charge on any atom is 0.191 e. The molecular weight excluding hydrogens is 457 g/mol. The maximum atomic E-state index is 5.44. The van der Waals surface area contributed by atoms with Crippen molar-refractivity contribution in [1.82, 2.24) is 20.9 Å². The third kappa shape index (κ3) is 6.82. The Morgan fingerprint density at radius 3 is 2.44 bits per heavy atom. The zero-order valence-electron chi connectivity index (χ0n) is 17.0. The van der Waals surface area contributed by atoms with Gasteiger partial charge in [-0.2, -0.15) is 0 Å². The fourth-order valence-electron chi connectivity index (χ4n) is 2.97. The first-order chi connectivity index (χ1) is 12.6. The van der Waals surface area contributed by atoms with Crippen molar-refractivity contribution < 1.29 is 9.05 Å². The molecule has 2 N–H and O–H groups in total. The number of halogens is 1. The molecule has 27 heavy (non-hydrogen) atoms. The molecule has 0 saturated heterocycles. The Morgan fingerprint density at radius 1 is 1.11 bits per heavy atom. The molecule has 0 spiro atoms. The van der Waals surface area contributed by atoms with Crippen LogP contribution in [0.1, 0.15) is 68.0 Å². The van der Waals surface area contributed by atoms with Crippen LogP contribution in [0.3, 0.4) is 0 Å². The van der Waals surface area contributed by atoms with Crippen LogP contribution >= 0.6 is 24.0 Å². The van der Waals surface area contributed by atoms with Crippen LogP contribution in [0.5, 0.6) is 0 Å². The molecule has 0 aliphatic heterocycles. The maximum absolute atomic E-state index is 5.44. The van der Waals surface area contributed by atoms with Crippen molar-refractivity contribution in [2.45, 2.75) is 66.3 Å². The summed E-state index contributed by atoms with van der Waals surface area (Å²) in [5, 5.41) is 14.8. The lowest BCUT2D eigenvalue weighted by Gasteiger charge is -2.10. The van der Waals surface area contributed by atoms with Gasteiger partial charge in [-0.25, -0.2) is 4.99 Å². The van der Waals surface area contributed by atoms with Gasteiger partial charge >= 0.3 is 0 Å². The number of aryl methyl sites for hydroxylation is 2. The monoisotopic (exact) mass is 489 g/mol. The van der Waals surface area contributed by atoms with E-state index >= 15 is 0 Å². The molecule has 0 bridgehead atoms. The summed E-state index contributed by atoms with van der Waals surface area (Å²) in [5.41, 5.74) is 3.12. The Balaban J connectivity index is 0.00000364. The molecule has 152 valence electrons. The highest BCUT2D eigenvalue weighted by Crippen LogP contribution is 2.22. The normalized spacial score (nSPS) is 11.6. The lowest BCUT2D eigenvalue weighted by atomic mass is 9.99. The van der Waals surface area contributed by atoms with Crippen LogP contribution < -0.4 is 10.6 Å². The molecule has 8 heteroatoms. The van der Waals surface area contributed by atoms with Gasteiger partial charge in [0.2, 0.25) is 0 Å². The molecule has 0 aromatic carbocycles. The molecule has 0 unspecified atom stereocenters. The summed E-state index contributed by atoms with van der Waals surface area (Å²) >= 11 is 0. The number of guanidine groups is 1. The van der Waals surface area contributed by atoms with Gasteiger partial charge in [-0.1, -0.05) is 24.2 Å². The molecule has 2 heterocycles. The highest BCUT2D eigenvalue weighted by atomic mass is 127. The molecule has 0 amide bonds. The van der Waals surface area contributed by atoms with Gasteiger partial charge in [-0.05, 0) is 40.0 Å². The fraction of sp³-hybridized carbons (Fsp3) is 0.632. The Kier molecular flexibility index (Phi) is 10.4. The number of aromatic nitrogens is 2. The van der Waals surface area contributed by atoms with Crippen molar-refractivity contribution in [3.05, 3.63) is 34.5 Å². The van der Waals surface area contributed by atoms with E-state index in [4.69, 9.17) is 9.05 Å². The van der Waals surface area contributed by atoms with Gasteiger partial charge in [-0.3, -0.25) is 0 Å². The summed E-state index contributed by atoms with van der Waals surface area (Å²) in [7, 11) is 0. The smallest absolute Gasteiger partial charge is 0.191 e. The molecule has 7 nitrogen and oxygen atoms in total. The molecule has 0 aliphatic rings. The number of aliphatic imine (C=N–C) groups is 1. The highest BCUT2D eigenvalue weighted by Gasteiger charge is 2.13. The molecular formula is C19H32IN5O2. The van der Waals surface area contributed by atoms with Crippen LogP contribution in [0, 0.1) is 13.8 Å². The van der Waals surface area contributed by atoms with Crippen LogP contribution in [0.4, 0.5) is 0 Å². The quantitative estimate of drug-likeness (QED) is 0.313. The second-order valence-electron chi connectivity index (χ2n) is 6.41. The topological polar surface area (TPSA) is 88.5 Å². The summed E-state index contributed by atoms with van der Waals surface area (Å²) < 4.78 is 10.6. The summed E-state index contributed by atoms with van der Waals surface area (Å²) in [4.78, 5) is 4.59. The average molecular weight is 489 g/mol. The van der Waals surface area contributed by atoms with E-state index in [1.807, 2.05) is 26.8 Å². The second kappa shape index (κ2) is 12.0. The number of nitrogens with one attached hydrogen (secondary N) is 2. The Hall–Kier alpha value is -1.58. The third-order valence-electron chi connectivity index (χ3n) is 4.57. The summed E-state index contributed by atoms with van der Waals surface area (Å²) in [5.74, 6) is 2.88. The van der Waals surface area contributed by atoms with Gasteiger partial charge in [0.25, 0.3) is 0 Å². The first kappa shape index (κ1) is 23.5. The van der Waals surface area contributed by atoms with Crippen LogP contribution in [0.15, 0.2) is 20.1 Å². The van der Waals surface area contributed by atoms with Crippen molar-refractivity contribution in [2.75, 3.05) is 13.1 Å². The number of rotatable bonds is 9. The molecule has 2 rings (SSSR count). The van der Waals surface area contributed by atoms with Crippen LogP contribution in [0.25, 0.3) is 0 Å². The third-order valence-corrected chi connectivity index (χ3v) is 4.57. The highest BCUT2D eigenvalue weighted by molar-refractivity contribution is 14.0. The van der Waals surface area contributed by atoms with E-state index in [-0.39, 0.29) is 24.0 Å². The summed E-state index contributed by atoms with van der Waals surface area (Å²) in [6, 6.07) is 2.02. The van der Waals surface area contributed by atoms with Gasteiger partial charge in [0, 0.05) is 30.6 Å². The fourth-order valence-corrected chi connectivity index (χ4v) is 2.97. The van der Waals surface area contributed by atoms with Crippen LogP contribution in [-0.4, -0.2) is 29.4 Å². The molecule has 0 fully saturated rings. The summed E-state index contributed by atoms with van der Waals surface area (Å²) in [6.07, 6.45) is 2.97. The van der Waals surface area contributed by atoms with E-state index in [1.165, 1.54) is 0 Å². The van der Waals surface area contributed by atoms with Crippen molar-refractivity contribution in [2.24, 2.45) is 4.99 Å². The van der Waals surface area contributed by atoms with E-state index in [1.54, 1.807) is 0 Å². The van der Waals surface area contributed by atoms with Crippen molar-refractivity contribution in [1.29, 1.82) is 0 Å². The Labute approximate surface area is 178 Å². The van der Waals surface area contributed by atoms with E-state index in [0.29, 0.717) is 12.5 Å². The van der Waals surface area contributed by atoms with Crippen molar-refractivity contribution in [3.63, 3.8) is 0 Å². The van der Waals surface area contributed by atoms with Gasteiger partial charge in [0.05, 0.1) is 11.4 Å². The SMILES string of the molecule is CCNC(=NCc1cc(C(CC)CC)no1)NCCc1c(C)noc1C.I. The van der Waals surface area contributed by atoms with Gasteiger partial charge in [0.1, 0.15) is 12.3 Å². The number of hydrogen-bond donors (Lipinski definition) is 2. The number of nitrogens with zero attached hydrogens (tertiary/aromatic N) is 3. The molecule has 0 atom stereocenters. The minimum atomic E-state index is 0. The first-order valence-electron chi connectivity index (χ1n) is 9.48.